The molecule has 0 aliphatic heterocycles. The van der Waals surface area contributed by atoms with Crippen LogP contribution in [0.1, 0.15) is 32.4 Å². The molecule has 0 saturated carbocycles. The van der Waals surface area contributed by atoms with Gasteiger partial charge in [0.25, 0.3) is 0 Å². The van der Waals surface area contributed by atoms with Crippen LogP contribution in [0.15, 0.2) is 29.2 Å². The Morgan fingerprint density at radius 3 is 2.22 bits per heavy atom. The van der Waals surface area contributed by atoms with E-state index in [1.165, 1.54) is 7.11 Å². The second-order valence-corrected chi connectivity index (χ2v) is 6.74. The van der Waals surface area contributed by atoms with Gasteiger partial charge in [-0.05, 0) is 44.7 Å². The second kappa shape index (κ2) is 8.21. The average Bonchev–Trinajstić information content (AvgIpc) is 2.49. The summed E-state index contributed by atoms with van der Waals surface area (Å²) in [6.07, 6.45) is -0.106. The quantitative estimate of drug-likeness (QED) is 0.632. The maximum Gasteiger partial charge on any atom is 0.408 e. The van der Waals surface area contributed by atoms with Crippen molar-refractivity contribution in [1.29, 1.82) is 0 Å². The Balaban J connectivity index is 2.91. The third-order valence-electron chi connectivity index (χ3n) is 2.90. The smallest absolute Gasteiger partial charge is 0.408 e. The predicted molar refractivity (Wildman–Crippen MR) is 88.4 cm³/mol. The molecule has 6 nitrogen and oxygen atoms in total. The highest BCUT2D eigenvalue weighted by molar-refractivity contribution is 7.98. The fourth-order valence-electron chi connectivity index (χ4n) is 1.82. The van der Waals surface area contributed by atoms with Gasteiger partial charge in [-0.3, -0.25) is 0 Å². The molecule has 0 heterocycles. The first-order valence-corrected chi connectivity index (χ1v) is 8.29. The maximum atomic E-state index is 11.9. The van der Waals surface area contributed by atoms with Crippen LogP contribution in [-0.2, 0) is 14.3 Å². The molecule has 0 spiro atoms. The highest BCUT2D eigenvalue weighted by Crippen LogP contribution is 2.22. The number of hydrogen-bond donors (Lipinski definition) is 2. The summed E-state index contributed by atoms with van der Waals surface area (Å²) in [5, 5.41) is 12.8. The summed E-state index contributed by atoms with van der Waals surface area (Å²) in [7, 11) is 1.19. The van der Waals surface area contributed by atoms with E-state index in [2.05, 4.69) is 10.1 Å². The van der Waals surface area contributed by atoms with Gasteiger partial charge in [-0.25, -0.2) is 9.59 Å². The number of carbonyl (C=O) groups is 2. The highest BCUT2D eigenvalue weighted by Gasteiger charge is 2.32. The van der Waals surface area contributed by atoms with E-state index in [1.54, 1.807) is 44.7 Å². The number of aliphatic hydroxyl groups excluding tert-OH is 1. The first kappa shape index (κ1) is 19.3. The van der Waals surface area contributed by atoms with Crippen LogP contribution >= 0.6 is 11.8 Å². The lowest BCUT2D eigenvalue weighted by Crippen LogP contribution is -2.47. The first-order valence-electron chi connectivity index (χ1n) is 7.07. The van der Waals surface area contributed by atoms with E-state index in [-0.39, 0.29) is 0 Å². The summed E-state index contributed by atoms with van der Waals surface area (Å²) in [6, 6.07) is 5.79. The third-order valence-corrected chi connectivity index (χ3v) is 3.64. The Kier molecular flexibility index (Phi) is 6.90. The van der Waals surface area contributed by atoms with Gasteiger partial charge in [0.1, 0.15) is 11.7 Å². The van der Waals surface area contributed by atoms with Crippen molar-refractivity contribution in [3.05, 3.63) is 29.8 Å². The lowest BCUT2D eigenvalue weighted by molar-refractivity contribution is -0.146. The standard InChI is InChI=1S/C16H23NO5S/c1-16(2,3)22-15(20)17-12(14(19)21-4)13(18)10-6-8-11(23-5)9-7-10/h6-9,12-13,18H,1-5H3,(H,17,20)/t12-,13+/m1/s1. The normalized spacial score (nSPS) is 13.8. The molecule has 1 aromatic rings. The van der Waals surface area contributed by atoms with Crippen molar-refractivity contribution in [1.82, 2.24) is 5.32 Å². The van der Waals surface area contributed by atoms with Crippen LogP contribution in [-0.4, -0.2) is 42.2 Å². The van der Waals surface area contributed by atoms with Crippen LogP contribution in [0.3, 0.4) is 0 Å². The highest BCUT2D eigenvalue weighted by atomic mass is 32.2. The fourth-order valence-corrected chi connectivity index (χ4v) is 2.23. The number of amides is 1. The zero-order valence-corrected chi connectivity index (χ0v) is 14.8. The van der Waals surface area contributed by atoms with Crippen LogP contribution in [0.25, 0.3) is 0 Å². The minimum Gasteiger partial charge on any atom is -0.467 e. The molecule has 1 amide bonds. The molecule has 0 unspecified atom stereocenters. The first-order chi connectivity index (χ1) is 10.7. The van der Waals surface area contributed by atoms with Gasteiger partial charge in [0.05, 0.1) is 7.11 Å². The lowest BCUT2D eigenvalue weighted by Gasteiger charge is -2.25. The Bertz CT molecular complexity index is 538. The van der Waals surface area contributed by atoms with Gasteiger partial charge in [0.2, 0.25) is 0 Å². The number of ether oxygens (including phenoxy) is 2. The zero-order chi connectivity index (χ0) is 17.6. The lowest BCUT2D eigenvalue weighted by atomic mass is 10.0. The van der Waals surface area contributed by atoms with Crippen LogP contribution < -0.4 is 5.32 Å². The Hall–Kier alpha value is -1.73. The van der Waals surface area contributed by atoms with Crippen molar-refractivity contribution in [3.8, 4) is 0 Å². The van der Waals surface area contributed by atoms with Gasteiger partial charge >= 0.3 is 12.1 Å². The summed E-state index contributed by atoms with van der Waals surface area (Å²) in [5.74, 6) is -0.752. The zero-order valence-electron chi connectivity index (χ0n) is 14.0. The summed E-state index contributed by atoms with van der Waals surface area (Å²) < 4.78 is 9.77. The Morgan fingerprint density at radius 2 is 1.78 bits per heavy atom. The van der Waals surface area contributed by atoms with Gasteiger partial charge in [0.15, 0.2) is 6.04 Å². The number of methoxy groups -OCH3 is 1. The van der Waals surface area contributed by atoms with E-state index in [0.29, 0.717) is 5.56 Å². The molecular formula is C16H23NO5S. The van der Waals surface area contributed by atoms with Gasteiger partial charge in [0, 0.05) is 4.90 Å². The molecule has 0 radical (unpaired) electrons. The summed E-state index contributed by atoms with van der Waals surface area (Å²) in [6.45, 7) is 5.12. The molecule has 0 fully saturated rings. The van der Waals surface area contributed by atoms with Crippen molar-refractivity contribution < 1.29 is 24.2 Å². The Labute approximate surface area is 140 Å². The summed E-state index contributed by atoms with van der Waals surface area (Å²) in [4.78, 5) is 24.8. The number of alkyl carbamates (subject to hydrolysis) is 1. The number of esters is 1. The van der Waals surface area contributed by atoms with Crippen LogP contribution in [0.5, 0.6) is 0 Å². The molecule has 7 heteroatoms. The number of hydrogen-bond acceptors (Lipinski definition) is 6. The number of benzene rings is 1. The number of thioether (sulfide) groups is 1. The molecule has 1 rings (SSSR count). The van der Waals surface area contributed by atoms with Crippen molar-refractivity contribution in [3.63, 3.8) is 0 Å². The molecular weight excluding hydrogens is 318 g/mol. The van der Waals surface area contributed by atoms with Crippen LogP contribution in [0.2, 0.25) is 0 Å². The number of nitrogens with one attached hydrogen (secondary N) is 1. The number of aliphatic hydroxyl groups is 1. The molecule has 1 aromatic carbocycles. The predicted octanol–water partition coefficient (Wildman–Crippen LogP) is 2.51. The molecule has 0 aliphatic rings. The number of rotatable bonds is 5. The van der Waals surface area contributed by atoms with Gasteiger partial charge in [-0.15, -0.1) is 11.8 Å². The van der Waals surface area contributed by atoms with E-state index in [0.717, 1.165) is 4.90 Å². The van der Waals surface area contributed by atoms with E-state index < -0.39 is 29.8 Å². The molecule has 0 aromatic heterocycles. The molecule has 0 bridgehead atoms. The van der Waals surface area contributed by atoms with Gasteiger partial charge < -0.3 is 19.9 Å². The average molecular weight is 341 g/mol. The Morgan fingerprint density at radius 1 is 1.22 bits per heavy atom. The molecule has 2 N–H and O–H groups in total. The third kappa shape index (κ3) is 6.11. The SMILES string of the molecule is COC(=O)[C@H](NC(=O)OC(C)(C)C)[C@@H](O)c1ccc(SC)cc1. The van der Waals surface area contributed by atoms with E-state index in [9.17, 15) is 14.7 Å². The topological polar surface area (TPSA) is 84.9 Å². The van der Waals surface area contributed by atoms with Crippen molar-refractivity contribution in [2.75, 3.05) is 13.4 Å². The monoisotopic (exact) mass is 341 g/mol. The maximum absolute atomic E-state index is 11.9. The molecule has 128 valence electrons. The number of carbonyl (C=O) groups excluding carboxylic acids is 2. The molecule has 2 atom stereocenters. The van der Waals surface area contributed by atoms with Crippen molar-refractivity contribution >= 4 is 23.8 Å². The summed E-state index contributed by atoms with van der Waals surface area (Å²) in [5.41, 5.74) is -0.218. The largest absolute Gasteiger partial charge is 0.467 e. The van der Waals surface area contributed by atoms with E-state index >= 15 is 0 Å². The van der Waals surface area contributed by atoms with Crippen molar-refractivity contribution in [2.45, 2.75) is 43.4 Å². The minimum atomic E-state index is -1.25. The molecule has 0 saturated heterocycles. The fraction of sp³-hybridized carbons (Fsp3) is 0.500. The van der Waals surface area contributed by atoms with Crippen molar-refractivity contribution in [2.24, 2.45) is 0 Å². The van der Waals surface area contributed by atoms with Crippen LogP contribution in [0, 0.1) is 0 Å². The van der Waals surface area contributed by atoms with Gasteiger partial charge in [-0.1, -0.05) is 12.1 Å². The van der Waals surface area contributed by atoms with E-state index in [1.807, 2.05) is 18.4 Å². The minimum absolute atomic E-state index is 0.495. The summed E-state index contributed by atoms with van der Waals surface area (Å²) >= 11 is 1.56. The molecule has 23 heavy (non-hydrogen) atoms. The second-order valence-electron chi connectivity index (χ2n) is 5.87. The van der Waals surface area contributed by atoms with Crippen LogP contribution in [0.4, 0.5) is 4.79 Å². The molecule has 0 aliphatic carbocycles. The van der Waals surface area contributed by atoms with E-state index in [4.69, 9.17) is 4.74 Å². The van der Waals surface area contributed by atoms with Gasteiger partial charge in [-0.2, -0.15) is 0 Å².